The molecule has 2 rings (SSSR count). The normalized spacial score (nSPS) is 19.2. The van der Waals surface area contributed by atoms with Crippen LogP contribution in [-0.4, -0.2) is 44.1 Å². The van der Waals surface area contributed by atoms with Crippen molar-refractivity contribution in [2.24, 2.45) is 0 Å². The Labute approximate surface area is 143 Å². The first-order valence-electron chi connectivity index (χ1n) is 7.81. The van der Waals surface area contributed by atoms with Crippen molar-refractivity contribution in [3.8, 4) is 0 Å². The molecule has 1 aromatic rings. The zero-order chi connectivity index (χ0) is 18.0. The van der Waals surface area contributed by atoms with Gasteiger partial charge in [-0.3, -0.25) is 0 Å². The smallest absolute Gasteiger partial charge is 0.410 e. The number of nitrogens with one attached hydrogen (secondary N) is 1. The minimum atomic E-state index is -3.57. The minimum Gasteiger partial charge on any atom is -0.444 e. The Morgan fingerprint density at radius 3 is 2.71 bits per heavy atom. The largest absolute Gasteiger partial charge is 0.444 e. The summed E-state index contributed by atoms with van der Waals surface area (Å²) in [6, 6.07) is 6.49. The fourth-order valence-electron chi connectivity index (χ4n) is 2.60. The van der Waals surface area contributed by atoms with Gasteiger partial charge in [-0.2, -0.15) is 0 Å². The summed E-state index contributed by atoms with van der Waals surface area (Å²) in [7, 11) is -3.57. The summed E-state index contributed by atoms with van der Waals surface area (Å²) in [6.45, 7) is 9.52. The molecule has 132 valence electrons. The van der Waals surface area contributed by atoms with Crippen LogP contribution in [0.2, 0.25) is 0 Å². The van der Waals surface area contributed by atoms with Crippen LogP contribution in [-0.2, 0) is 21.2 Å². The van der Waals surface area contributed by atoms with Crippen LogP contribution in [0.4, 0.5) is 4.79 Å². The number of sulfonamides is 1. The lowest BCUT2D eigenvalue weighted by Crippen LogP contribution is -2.50. The van der Waals surface area contributed by atoms with Gasteiger partial charge in [0, 0.05) is 19.1 Å². The maximum atomic E-state index is 12.4. The lowest BCUT2D eigenvalue weighted by atomic mass is 10.1. The van der Waals surface area contributed by atoms with Crippen molar-refractivity contribution < 1.29 is 17.9 Å². The lowest BCUT2D eigenvalue weighted by molar-refractivity contribution is 0.0258. The van der Waals surface area contributed by atoms with Crippen molar-refractivity contribution in [1.82, 2.24) is 9.62 Å². The molecule has 1 heterocycles. The Bertz CT molecular complexity index is 722. The number of carbonyl (C=O) groups is 1. The summed E-state index contributed by atoms with van der Waals surface area (Å²) in [5.74, 6) is 0. The van der Waals surface area contributed by atoms with E-state index in [0.29, 0.717) is 11.3 Å². The number of rotatable bonds is 4. The third kappa shape index (κ3) is 4.58. The third-order valence-corrected chi connectivity index (χ3v) is 5.11. The molecule has 6 nitrogen and oxygen atoms in total. The Balaban J connectivity index is 2.16. The second-order valence-corrected chi connectivity index (χ2v) is 8.49. The van der Waals surface area contributed by atoms with Crippen LogP contribution < -0.4 is 4.72 Å². The predicted octanol–water partition coefficient (Wildman–Crippen LogP) is 2.31. The number of fused-ring (bicyclic) bond motifs is 1. The van der Waals surface area contributed by atoms with Crippen molar-refractivity contribution in [3.05, 3.63) is 42.5 Å². The molecule has 24 heavy (non-hydrogen) atoms. The van der Waals surface area contributed by atoms with Crippen LogP contribution in [0, 0.1) is 0 Å². The van der Waals surface area contributed by atoms with E-state index in [2.05, 4.69) is 11.3 Å². The molecular formula is C17H24N2O4S. The molecule has 1 N–H and O–H groups in total. The van der Waals surface area contributed by atoms with E-state index >= 15 is 0 Å². The molecule has 1 amide bonds. The van der Waals surface area contributed by atoms with Crippen LogP contribution in [0.1, 0.15) is 26.3 Å². The van der Waals surface area contributed by atoms with E-state index in [1.165, 1.54) is 4.90 Å². The maximum absolute atomic E-state index is 12.4. The number of hydrogen-bond acceptors (Lipinski definition) is 4. The number of nitrogens with zero attached hydrogens (tertiary/aromatic N) is 1. The molecule has 0 saturated heterocycles. The highest BCUT2D eigenvalue weighted by molar-refractivity contribution is 7.89. The van der Waals surface area contributed by atoms with E-state index in [9.17, 15) is 13.2 Å². The quantitative estimate of drug-likeness (QED) is 0.844. The van der Waals surface area contributed by atoms with Gasteiger partial charge < -0.3 is 9.64 Å². The molecule has 1 atom stereocenters. The summed E-state index contributed by atoms with van der Waals surface area (Å²) in [5, 5.41) is 0. The zero-order valence-electron chi connectivity index (χ0n) is 14.3. The fourth-order valence-corrected chi connectivity index (χ4v) is 4.08. The summed E-state index contributed by atoms with van der Waals surface area (Å²) >= 11 is 0. The van der Waals surface area contributed by atoms with E-state index < -0.39 is 27.8 Å². The molecule has 0 fully saturated rings. The Kier molecular flexibility index (Phi) is 5.35. The average molecular weight is 352 g/mol. The van der Waals surface area contributed by atoms with Crippen molar-refractivity contribution in [1.29, 1.82) is 0 Å². The van der Waals surface area contributed by atoms with Crippen LogP contribution in [0.25, 0.3) is 0 Å². The molecule has 0 radical (unpaired) electrons. The highest BCUT2D eigenvalue weighted by Gasteiger charge is 2.32. The van der Waals surface area contributed by atoms with Gasteiger partial charge in [-0.15, -0.1) is 6.58 Å². The van der Waals surface area contributed by atoms with Gasteiger partial charge >= 0.3 is 6.09 Å². The topological polar surface area (TPSA) is 75.7 Å². The third-order valence-electron chi connectivity index (χ3n) is 3.49. The second kappa shape index (κ2) is 6.94. The van der Waals surface area contributed by atoms with E-state index in [1.807, 2.05) is 6.07 Å². The highest BCUT2D eigenvalue weighted by atomic mass is 32.2. The molecule has 0 saturated carbocycles. The van der Waals surface area contributed by atoms with Gasteiger partial charge in [0.2, 0.25) is 10.0 Å². The molecule has 1 unspecified atom stereocenters. The lowest BCUT2D eigenvalue weighted by Gasteiger charge is -2.32. The summed E-state index contributed by atoms with van der Waals surface area (Å²) in [5.41, 5.74) is 0.138. The standard InChI is InChI=1S/C17H24N2O4S/c1-5-10-19(16(20)23-17(2,3)4)12-14-11-13-8-6-7-9-15(13)24(21,22)18-14/h5-9,14,18H,1,10-12H2,2-4H3. The minimum absolute atomic E-state index is 0.217. The Morgan fingerprint density at radius 1 is 1.42 bits per heavy atom. The van der Waals surface area contributed by atoms with Gasteiger partial charge in [0.1, 0.15) is 5.60 Å². The number of carbonyl (C=O) groups excluding carboxylic acids is 1. The van der Waals surface area contributed by atoms with Crippen LogP contribution in [0.3, 0.4) is 0 Å². The number of benzene rings is 1. The SMILES string of the molecule is C=CCN(CC1Cc2ccccc2S(=O)(=O)N1)C(=O)OC(C)(C)C. The summed E-state index contributed by atoms with van der Waals surface area (Å²) in [4.78, 5) is 14.1. The monoisotopic (exact) mass is 352 g/mol. The molecule has 7 heteroatoms. The van der Waals surface area contributed by atoms with Crippen LogP contribution in [0.15, 0.2) is 41.8 Å². The number of ether oxygens (including phenoxy) is 1. The average Bonchev–Trinajstić information content (AvgIpc) is 2.44. The van der Waals surface area contributed by atoms with E-state index in [-0.39, 0.29) is 13.1 Å². The van der Waals surface area contributed by atoms with Crippen molar-refractivity contribution in [3.63, 3.8) is 0 Å². The molecule has 0 spiro atoms. The molecule has 0 bridgehead atoms. The first-order valence-corrected chi connectivity index (χ1v) is 9.30. The molecule has 0 aliphatic carbocycles. The predicted molar refractivity (Wildman–Crippen MR) is 92.3 cm³/mol. The summed E-state index contributed by atoms with van der Waals surface area (Å²) in [6.07, 6.45) is 1.63. The number of amides is 1. The maximum Gasteiger partial charge on any atom is 0.410 e. The van der Waals surface area contributed by atoms with Gasteiger partial charge in [0.05, 0.1) is 4.90 Å². The molecule has 1 aliphatic heterocycles. The zero-order valence-corrected chi connectivity index (χ0v) is 15.1. The van der Waals surface area contributed by atoms with Crippen LogP contribution in [0.5, 0.6) is 0 Å². The van der Waals surface area contributed by atoms with Gasteiger partial charge in [-0.1, -0.05) is 24.3 Å². The molecular weight excluding hydrogens is 328 g/mol. The van der Waals surface area contributed by atoms with Crippen molar-refractivity contribution in [2.45, 2.75) is 43.7 Å². The van der Waals surface area contributed by atoms with E-state index in [0.717, 1.165) is 5.56 Å². The Morgan fingerprint density at radius 2 is 2.08 bits per heavy atom. The van der Waals surface area contributed by atoms with E-state index in [4.69, 9.17) is 4.74 Å². The highest BCUT2D eigenvalue weighted by Crippen LogP contribution is 2.23. The number of hydrogen-bond donors (Lipinski definition) is 1. The molecule has 0 aromatic heterocycles. The van der Waals surface area contributed by atoms with Crippen LogP contribution >= 0.6 is 0 Å². The van der Waals surface area contributed by atoms with Gasteiger partial charge in [-0.05, 0) is 38.8 Å². The van der Waals surface area contributed by atoms with Crippen molar-refractivity contribution in [2.75, 3.05) is 13.1 Å². The first kappa shape index (κ1) is 18.5. The first-order chi connectivity index (χ1) is 11.1. The molecule has 1 aliphatic rings. The van der Waals surface area contributed by atoms with Gasteiger partial charge in [-0.25, -0.2) is 17.9 Å². The van der Waals surface area contributed by atoms with E-state index in [1.54, 1.807) is 45.0 Å². The fraction of sp³-hybridized carbons (Fsp3) is 0.471. The van der Waals surface area contributed by atoms with Crippen molar-refractivity contribution >= 4 is 16.1 Å². The summed E-state index contributed by atoms with van der Waals surface area (Å²) < 4.78 is 32.7. The Hall–Kier alpha value is -1.86. The molecule has 1 aromatic carbocycles. The second-order valence-electron chi connectivity index (χ2n) is 6.80. The van der Waals surface area contributed by atoms with Gasteiger partial charge in [0.15, 0.2) is 0 Å². The van der Waals surface area contributed by atoms with Gasteiger partial charge in [0.25, 0.3) is 0 Å².